The van der Waals surface area contributed by atoms with E-state index in [4.69, 9.17) is 9.47 Å². The van der Waals surface area contributed by atoms with Gasteiger partial charge in [-0.05, 0) is 19.9 Å². The molecule has 0 aliphatic rings. The largest absolute Gasteiger partial charge is 0.493 e. The Morgan fingerprint density at radius 2 is 2.10 bits per heavy atom. The van der Waals surface area contributed by atoms with Crippen molar-refractivity contribution in [1.29, 1.82) is 0 Å². The third-order valence-electron chi connectivity index (χ3n) is 3.09. The molecular weight excluding hydrogens is 272 g/mol. The summed E-state index contributed by atoms with van der Waals surface area (Å²) in [6.07, 6.45) is 0. The van der Waals surface area contributed by atoms with Crippen LogP contribution in [0.25, 0.3) is 0 Å². The second-order valence-corrected chi connectivity index (χ2v) is 5.47. The van der Waals surface area contributed by atoms with Crippen molar-refractivity contribution < 1.29 is 9.47 Å². The van der Waals surface area contributed by atoms with Crippen LogP contribution in [-0.4, -0.2) is 19.2 Å². The highest BCUT2D eigenvalue weighted by molar-refractivity contribution is 7.09. The third-order valence-corrected chi connectivity index (χ3v) is 4.24. The van der Waals surface area contributed by atoms with Crippen molar-refractivity contribution >= 4 is 11.3 Å². The number of nitrogens with zero attached hydrogens (tertiary/aromatic N) is 1. The first-order valence-electron chi connectivity index (χ1n) is 6.51. The van der Waals surface area contributed by atoms with E-state index in [0.717, 1.165) is 27.8 Å². The molecule has 0 fully saturated rings. The van der Waals surface area contributed by atoms with Crippen molar-refractivity contribution in [3.63, 3.8) is 0 Å². The smallest absolute Gasteiger partial charge is 0.165 e. The Morgan fingerprint density at radius 3 is 2.70 bits per heavy atom. The number of hydrogen-bond acceptors (Lipinski definition) is 5. The van der Waals surface area contributed by atoms with Gasteiger partial charge in [0, 0.05) is 23.2 Å². The van der Waals surface area contributed by atoms with Crippen LogP contribution >= 0.6 is 11.3 Å². The number of methoxy groups -OCH3 is 2. The zero-order valence-electron chi connectivity index (χ0n) is 12.3. The van der Waals surface area contributed by atoms with Crippen LogP contribution in [0.2, 0.25) is 0 Å². The van der Waals surface area contributed by atoms with Crippen LogP contribution in [0.5, 0.6) is 11.5 Å². The Balaban J connectivity index is 2.07. The van der Waals surface area contributed by atoms with Crippen molar-refractivity contribution in [2.75, 3.05) is 14.2 Å². The van der Waals surface area contributed by atoms with Crippen LogP contribution in [0, 0.1) is 6.92 Å². The van der Waals surface area contributed by atoms with Crippen LogP contribution in [0.1, 0.15) is 29.2 Å². The minimum absolute atomic E-state index is 0.213. The lowest BCUT2D eigenvalue weighted by Crippen LogP contribution is -2.18. The quantitative estimate of drug-likeness (QED) is 0.887. The molecule has 1 aromatic heterocycles. The second kappa shape index (κ2) is 6.72. The van der Waals surface area contributed by atoms with Crippen molar-refractivity contribution in [1.82, 2.24) is 10.3 Å². The molecule has 20 heavy (non-hydrogen) atoms. The first-order valence-corrected chi connectivity index (χ1v) is 7.39. The van der Waals surface area contributed by atoms with E-state index in [1.54, 1.807) is 25.6 Å². The van der Waals surface area contributed by atoms with E-state index in [1.165, 1.54) is 0 Å². The van der Waals surface area contributed by atoms with Gasteiger partial charge in [0.25, 0.3) is 0 Å². The van der Waals surface area contributed by atoms with Crippen LogP contribution in [0.15, 0.2) is 23.6 Å². The van der Waals surface area contributed by atoms with E-state index in [9.17, 15) is 0 Å². The fourth-order valence-electron chi connectivity index (χ4n) is 2.01. The molecule has 0 radical (unpaired) electrons. The van der Waals surface area contributed by atoms with Gasteiger partial charge in [-0.25, -0.2) is 4.98 Å². The van der Waals surface area contributed by atoms with Crippen molar-refractivity contribution in [3.8, 4) is 11.5 Å². The van der Waals surface area contributed by atoms with E-state index in [0.29, 0.717) is 6.54 Å². The summed E-state index contributed by atoms with van der Waals surface area (Å²) in [6, 6.07) is 6.12. The van der Waals surface area contributed by atoms with Gasteiger partial charge in [-0.3, -0.25) is 0 Å². The maximum Gasteiger partial charge on any atom is 0.165 e. The lowest BCUT2D eigenvalue weighted by atomic mass is 10.1. The number of rotatable bonds is 6. The minimum Gasteiger partial charge on any atom is -0.493 e. The molecular formula is C15H20N2O2S. The fraction of sp³-hybridized carbons (Fsp3) is 0.400. The molecule has 2 rings (SSSR count). The van der Waals surface area contributed by atoms with Gasteiger partial charge in [0.05, 0.1) is 20.3 Å². The lowest BCUT2D eigenvalue weighted by Gasteiger charge is -2.15. The van der Waals surface area contributed by atoms with Gasteiger partial charge in [0.2, 0.25) is 0 Å². The molecule has 0 amide bonds. The van der Waals surface area contributed by atoms with Crippen molar-refractivity contribution in [2.45, 2.75) is 26.4 Å². The number of aromatic nitrogens is 1. The Bertz CT molecular complexity index is 569. The molecule has 0 aliphatic heterocycles. The number of thiazole rings is 1. The van der Waals surface area contributed by atoms with Crippen LogP contribution in [-0.2, 0) is 6.54 Å². The molecule has 1 N–H and O–H groups in total. The van der Waals surface area contributed by atoms with Crippen LogP contribution < -0.4 is 14.8 Å². The Morgan fingerprint density at radius 1 is 1.30 bits per heavy atom. The summed E-state index contributed by atoms with van der Waals surface area (Å²) in [6.45, 7) is 4.84. The molecule has 5 heteroatoms. The molecule has 108 valence electrons. The summed E-state index contributed by atoms with van der Waals surface area (Å²) in [5, 5.41) is 6.64. The standard InChI is InChI=1S/C15H20N2O2S/c1-10-9-20-15(17-10)11(2)16-8-12-6-5-7-13(18-3)14(12)19-4/h5-7,9,11,16H,8H2,1-4H3. The number of benzene rings is 1. The zero-order chi connectivity index (χ0) is 14.5. The predicted octanol–water partition coefficient (Wildman–Crippen LogP) is 3.32. The fourth-order valence-corrected chi connectivity index (χ4v) is 2.84. The van der Waals surface area contributed by atoms with Gasteiger partial charge in [-0.15, -0.1) is 11.3 Å². The normalized spacial score (nSPS) is 12.2. The van der Waals surface area contributed by atoms with Gasteiger partial charge in [-0.1, -0.05) is 12.1 Å². The van der Waals surface area contributed by atoms with E-state index >= 15 is 0 Å². The van der Waals surface area contributed by atoms with Gasteiger partial charge in [0.1, 0.15) is 5.01 Å². The Hall–Kier alpha value is -1.59. The van der Waals surface area contributed by atoms with Gasteiger partial charge >= 0.3 is 0 Å². The highest BCUT2D eigenvalue weighted by Gasteiger charge is 2.12. The minimum atomic E-state index is 0.213. The molecule has 0 bridgehead atoms. The maximum atomic E-state index is 5.43. The average Bonchev–Trinajstić information content (AvgIpc) is 2.90. The molecule has 4 nitrogen and oxygen atoms in total. The first-order chi connectivity index (χ1) is 9.65. The van der Waals surface area contributed by atoms with Gasteiger partial charge in [0.15, 0.2) is 11.5 Å². The zero-order valence-corrected chi connectivity index (χ0v) is 13.1. The third kappa shape index (κ3) is 3.29. The van der Waals surface area contributed by atoms with E-state index in [1.807, 2.05) is 25.1 Å². The summed E-state index contributed by atoms with van der Waals surface area (Å²) < 4.78 is 10.7. The maximum absolute atomic E-state index is 5.43. The van der Waals surface area contributed by atoms with E-state index in [-0.39, 0.29) is 6.04 Å². The molecule has 1 unspecified atom stereocenters. The number of nitrogens with one attached hydrogen (secondary N) is 1. The number of para-hydroxylation sites is 1. The molecule has 0 spiro atoms. The van der Waals surface area contributed by atoms with E-state index < -0.39 is 0 Å². The highest BCUT2D eigenvalue weighted by atomic mass is 32.1. The van der Waals surface area contributed by atoms with Gasteiger partial charge < -0.3 is 14.8 Å². The summed E-state index contributed by atoms with van der Waals surface area (Å²) in [5.74, 6) is 1.54. The van der Waals surface area contributed by atoms with Crippen molar-refractivity contribution in [2.24, 2.45) is 0 Å². The summed E-state index contributed by atoms with van der Waals surface area (Å²) in [5.41, 5.74) is 2.14. The molecule has 0 saturated carbocycles. The molecule has 0 saturated heterocycles. The first kappa shape index (κ1) is 14.8. The van der Waals surface area contributed by atoms with Crippen molar-refractivity contribution in [3.05, 3.63) is 39.8 Å². The summed E-state index contributed by atoms with van der Waals surface area (Å²) in [4.78, 5) is 4.50. The Labute approximate surface area is 123 Å². The highest BCUT2D eigenvalue weighted by Crippen LogP contribution is 2.31. The number of hydrogen-bond donors (Lipinski definition) is 1. The predicted molar refractivity (Wildman–Crippen MR) is 81.7 cm³/mol. The van der Waals surface area contributed by atoms with Gasteiger partial charge in [-0.2, -0.15) is 0 Å². The monoisotopic (exact) mass is 292 g/mol. The topological polar surface area (TPSA) is 43.4 Å². The molecule has 0 aliphatic carbocycles. The Kier molecular flexibility index (Phi) is 4.98. The molecule has 2 aromatic rings. The van der Waals surface area contributed by atoms with Crippen LogP contribution in [0.4, 0.5) is 0 Å². The molecule has 1 aromatic carbocycles. The van der Waals surface area contributed by atoms with Crippen LogP contribution in [0.3, 0.4) is 0 Å². The SMILES string of the molecule is COc1cccc(CNC(C)c2nc(C)cs2)c1OC. The van der Waals surface area contributed by atoms with E-state index in [2.05, 4.69) is 22.6 Å². The number of aryl methyl sites for hydroxylation is 1. The summed E-state index contributed by atoms with van der Waals surface area (Å²) >= 11 is 1.68. The molecule has 1 atom stereocenters. The second-order valence-electron chi connectivity index (χ2n) is 4.58. The number of ether oxygens (including phenoxy) is 2. The lowest BCUT2D eigenvalue weighted by molar-refractivity contribution is 0.350. The summed E-state index contributed by atoms with van der Waals surface area (Å²) in [7, 11) is 3.31. The molecule has 1 heterocycles. The average molecular weight is 292 g/mol.